The molecule has 1 atom stereocenters. The fourth-order valence-electron chi connectivity index (χ4n) is 4.20. The van der Waals surface area contributed by atoms with Crippen molar-refractivity contribution in [2.75, 3.05) is 44.7 Å². The molecule has 2 saturated heterocycles. The van der Waals surface area contributed by atoms with E-state index in [0.717, 1.165) is 31.5 Å². The third kappa shape index (κ3) is 5.68. The number of carbonyl (C=O) groups excluding carboxylic acids is 1. The minimum Gasteiger partial charge on any atom is -0.379 e. The second kappa shape index (κ2) is 10.3. The average molecular weight is 478 g/mol. The molecule has 2 fully saturated rings. The largest absolute Gasteiger partial charge is 0.379 e. The van der Waals surface area contributed by atoms with Gasteiger partial charge in [-0.25, -0.2) is 8.42 Å². The molecule has 172 valence electrons. The molecule has 0 bridgehead atoms. The van der Waals surface area contributed by atoms with Crippen LogP contribution in [0.3, 0.4) is 0 Å². The summed E-state index contributed by atoms with van der Waals surface area (Å²) in [5.41, 5.74) is 1.73. The van der Waals surface area contributed by atoms with Gasteiger partial charge in [0.05, 0.1) is 24.0 Å². The molecule has 2 aliphatic rings. The van der Waals surface area contributed by atoms with Crippen molar-refractivity contribution in [3.8, 4) is 0 Å². The summed E-state index contributed by atoms with van der Waals surface area (Å²) in [6.45, 7) is 3.92. The SMILES string of the molecule is O=C(Nc1ccc(S(=O)(=O)N2CCOCC2)cc1)C1CCCN(Cc2cccc(Cl)c2)C1. The van der Waals surface area contributed by atoms with Gasteiger partial charge in [-0.2, -0.15) is 4.31 Å². The van der Waals surface area contributed by atoms with Crippen LogP contribution in [0.5, 0.6) is 0 Å². The van der Waals surface area contributed by atoms with Gasteiger partial charge in [-0.1, -0.05) is 23.7 Å². The zero-order valence-corrected chi connectivity index (χ0v) is 19.4. The van der Waals surface area contributed by atoms with Crippen LogP contribution in [0, 0.1) is 5.92 Å². The van der Waals surface area contributed by atoms with Gasteiger partial charge in [0.1, 0.15) is 0 Å². The van der Waals surface area contributed by atoms with E-state index in [1.807, 2.05) is 24.3 Å². The first-order valence-corrected chi connectivity index (χ1v) is 12.7. The summed E-state index contributed by atoms with van der Waals surface area (Å²) in [5.74, 6) is -0.149. The highest BCUT2D eigenvalue weighted by molar-refractivity contribution is 7.89. The first kappa shape index (κ1) is 23.2. The van der Waals surface area contributed by atoms with Gasteiger partial charge in [0, 0.05) is 36.9 Å². The minimum absolute atomic E-state index is 0.0374. The number of hydrogen-bond donors (Lipinski definition) is 1. The highest BCUT2D eigenvalue weighted by Gasteiger charge is 2.28. The Morgan fingerprint density at radius 1 is 1.09 bits per heavy atom. The van der Waals surface area contributed by atoms with E-state index in [0.29, 0.717) is 43.6 Å². The Labute approximate surface area is 194 Å². The van der Waals surface area contributed by atoms with Crippen molar-refractivity contribution in [1.29, 1.82) is 0 Å². The molecule has 7 nitrogen and oxygen atoms in total. The summed E-state index contributed by atoms with van der Waals surface area (Å²) < 4.78 is 32.2. The molecule has 0 radical (unpaired) electrons. The van der Waals surface area contributed by atoms with Gasteiger partial charge < -0.3 is 10.1 Å². The summed E-state index contributed by atoms with van der Waals surface area (Å²) in [6.07, 6.45) is 1.79. The summed E-state index contributed by atoms with van der Waals surface area (Å²) in [6, 6.07) is 14.2. The number of amides is 1. The second-order valence-corrected chi connectivity index (χ2v) is 10.6. The molecule has 4 rings (SSSR count). The molecule has 1 unspecified atom stereocenters. The maximum Gasteiger partial charge on any atom is 0.243 e. The average Bonchev–Trinajstić information content (AvgIpc) is 2.80. The van der Waals surface area contributed by atoms with Crippen LogP contribution < -0.4 is 5.32 Å². The Balaban J connectivity index is 1.35. The van der Waals surface area contributed by atoms with E-state index < -0.39 is 10.0 Å². The maximum atomic E-state index is 12.8. The number of rotatable bonds is 6. The number of hydrogen-bond acceptors (Lipinski definition) is 5. The number of benzene rings is 2. The molecular formula is C23H28ClN3O4S. The number of nitrogens with one attached hydrogen (secondary N) is 1. The van der Waals surface area contributed by atoms with Crippen molar-refractivity contribution < 1.29 is 17.9 Å². The smallest absolute Gasteiger partial charge is 0.243 e. The number of ether oxygens (including phenoxy) is 1. The summed E-state index contributed by atoms with van der Waals surface area (Å²) in [4.78, 5) is 15.3. The van der Waals surface area contributed by atoms with Gasteiger partial charge in [-0.05, 0) is 61.3 Å². The normalized spacial score (nSPS) is 20.7. The predicted molar refractivity (Wildman–Crippen MR) is 124 cm³/mol. The lowest BCUT2D eigenvalue weighted by Crippen LogP contribution is -2.40. The number of carbonyl (C=O) groups is 1. The van der Waals surface area contributed by atoms with E-state index in [-0.39, 0.29) is 16.7 Å². The van der Waals surface area contributed by atoms with Crippen molar-refractivity contribution in [1.82, 2.24) is 9.21 Å². The molecule has 0 saturated carbocycles. The number of halogens is 1. The Bertz CT molecular complexity index is 1040. The van der Waals surface area contributed by atoms with Gasteiger partial charge >= 0.3 is 0 Å². The van der Waals surface area contributed by atoms with Crippen molar-refractivity contribution >= 4 is 33.2 Å². The van der Waals surface area contributed by atoms with Gasteiger partial charge in [-0.3, -0.25) is 9.69 Å². The third-order valence-electron chi connectivity index (χ3n) is 5.90. The fraction of sp³-hybridized carbons (Fsp3) is 0.435. The molecule has 1 N–H and O–H groups in total. The van der Waals surface area contributed by atoms with E-state index in [4.69, 9.17) is 16.3 Å². The Kier molecular flexibility index (Phi) is 7.48. The topological polar surface area (TPSA) is 79.0 Å². The highest BCUT2D eigenvalue weighted by Crippen LogP contribution is 2.23. The third-order valence-corrected chi connectivity index (χ3v) is 8.05. The molecule has 2 aromatic carbocycles. The van der Waals surface area contributed by atoms with Crippen molar-refractivity contribution in [2.45, 2.75) is 24.3 Å². The van der Waals surface area contributed by atoms with E-state index in [1.54, 1.807) is 24.3 Å². The van der Waals surface area contributed by atoms with Crippen molar-refractivity contribution in [3.05, 3.63) is 59.1 Å². The highest BCUT2D eigenvalue weighted by atomic mass is 35.5. The lowest BCUT2D eigenvalue weighted by atomic mass is 9.96. The zero-order valence-electron chi connectivity index (χ0n) is 17.9. The Hall–Kier alpha value is -1.97. The van der Waals surface area contributed by atoms with Crippen LogP contribution in [0.25, 0.3) is 0 Å². The summed E-state index contributed by atoms with van der Waals surface area (Å²) in [7, 11) is -3.54. The molecule has 0 aliphatic carbocycles. The number of likely N-dealkylation sites (tertiary alicyclic amines) is 1. The molecule has 2 aliphatic heterocycles. The Morgan fingerprint density at radius 3 is 2.56 bits per heavy atom. The van der Waals surface area contributed by atoms with E-state index >= 15 is 0 Å². The quantitative estimate of drug-likeness (QED) is 0.691. The second-order valence-electron chi connectivity index (χ2n) is 8.23. The van der Waals surface area contributed by atoms with Crippen LogP contribution in [0.4, 0.5) is 5.69 Å². The van der Waals surface area contributed by atoms with E-state index in [1.165, 1.54) is 4.31 Å². The van der Waals surface area contributed by atoms with Crippen molar-refractivity contribution in [3.63, 3.8) is 0 Å². The Morgan fingerprint density at radius 2 is 1.84 bits per heavy atom. The van der Waals surface area contributed by atoms with Crippen LogP contribution in [0.2, 0.25) is 5.02 Å². The molecule has 9 heteroatoms. The van der Waals surface area contributed by atoms with Gasteiger partial charge in [0.2, 0.25) is 15.9 Å². The standard InChI is InChI=1S/C23H28ClN3O4S/c24-20-5-1-3-18(15-20)16-26-10-2-4-19(17-26)23(28)25-21-6-8-22(9-7-21)32(29,30)27-11-13-31-14-12-27/h1,3,5-9,15,19H,2,4,10-14,16-17H2,(H,25,28). The molecule has 2 aromatic rings. The first-order chi connectivity index (χ1) is 15.4. The maximum absolute atomic E-state index is 12.8. The van der Waals surface area contributed by atoms with Crippen LogP contribution in [-0.4, -0.2) is 62.9 Å². The molecule has 0 spiro atoms. The van der Waals surface area contributed by atoms with Crippen LogP contribution in [0.1, 0.15) is 18.4 Å². The van der Waals surface area contributed by atoms with E-state index in [2.05, 4.69) is 10.2 Å². The minimum atomic E-state index is -3.54. The van der Waals surface area contributed by atoms with Gasteiger partial charge in [-0.15, -0.1) is 0 Å². The number of nitrogens with zero attached hydrogens (tertiary/aromatic N) is 2. The molecule has 32 heavy (non-hydrogen) atoms. The first-order valence-electron chi connectivity index (χ1n) is 10.9. The van der Waals surface area contributed by atoms with Crippen LogP contribution in [-0.2, 0) is 26.1 Å². The van der Waals surface area contributed by atoms with Gasteiger partial charge in [0.15, 0.2) is 0 Å². The lowest BCUT2D eigenvalue weighted by Gasteiger charge is -2.32. The molecule has 2 heterocycles. The molecule has 0 aromatic heterocycles. The monoisotopic (exact) mass is 477 g/mol. The van der Waals surface area contributed by atoms with Crippen molar-refractivity contribution in [2.24, 2.45) is 5.92 Å². The number of anilines is 1. The van der Waals surface area contributed by atoms with Crippen LogP contribution in [0.15, 0.2) is 53.4 Å². The zero-order chi connectivity index (χ0) is 22.6. The molecule has 1 amide bonds. The predicted octanol–water partition coefficient (Wildman–Crippen LogP) is 3.21. The fourth-order valence-corrected chi connectivity index (χ4v) is 5.82. The number of morpholine rings is 1. The summed E-state index contributed by atoms with van der Waals surface area (Å²) in [5, 5.41) is 3.66. The number of sulfonamides is 1. The summed E-state index contributed by atoms with van der Waals surface area (Å²) >= 11 is 6.09. The van der Waals surface area contributed by atoms with Crippen LogP contribution >= 0.6 is 11.6 Å². The van der Waals surface area contributed by atoms with Gasteiger partial charge in [0.25, 0.3) is 0 Å². The number of piperidine rings is 1. The lowest BCUT2D eigenvalue weighted by molar-refractivity contribution is -0.121. The molecular weight excluding hydrogens is 450 g/mol. The van der Waals surface area contributed by atoms with E-state index in [9.17, 15) is 13.2 Å².